The highest BCUT2D eigenvalue weighted by Gasteiger charge is 2.20. The Morgan fingerprint density at radius 2 is 1.78 bits per heavy atom. The van der Waals surface area contributed by atoms with Crippen LogP contribution in [-0.4, -0.2) is 37.2 Å². The molecular formula is C21H25NO5. The van der Waals surface area contributed by atoms with Crippen LogP contribution in [0.5, 0.6) is 11.5 Å². The van der Waals surface area contributed by atoms with Gasteiger partial charge in [-0.25, -0.2) is 0 Å². The first-order chi connectivity index (χ1) is 12.9. The predicted octanol–water partition coefficient (Wildman–Crippen LogP) is 3.08. The molecule has 0 bridgehead atoms. The topological polar surface area (TPSA) is 84.9 Å². The van der Waals surface area contributed by atoms with E-state index in [1.165, 1.54) is 0 Å². The second-order valence-electron chi connectivity index (χ2n) is 6.21. The van der Waals surface area contributed by atoms with Gasteiger partial charge in [-0.05, 0) is 61.7 Å². The van der Waals surface area contributed by atoms with Crippen LogP contribution in [0.4, 0.5) is 0 Å². The zero-order valence-electron chi connectivity index (χ0n) is 15.8. The van der Waals surface area contributed by atoms with E-state index in [2.05, 4.69) is 5.32 Å². The normalized spacial score (nSPS) is 11.5. The summed E-state index contributed by atoms with van der Waals surface area (Å²) in [7, 11) is 1.56. The molecule has 0 aliphatic carbocycles. The van der Waals surface area contributed by atoms with Crippen LogP contribution in [0.15, 0.2) is 42.5 Å². The Bertz CT molecular complexity index is 786. The number of carboxylic acids is 1. The van der Waals surface area contributed by atoms with Crippen LogP contribution in [0, 0.1) is 12.8 Å². The molecule has 2 rings (SSSR count). The molecule has 1 amide bonds. The van der Waals surface area contributed by atoms with Gasteiger partial charge in [0.05, 0.1) is 19.6 Å². The van der Waals surface area contributed by atoms with Gasteiger partial charge < -0.3 is 19.9 Å². The summed E-state index contributed by atoms with van der Waals surface area (Å²) in [6.45, 7) is 4.34. The molecule has 0 spiro atoms. The molecule has 0 aliphatic heterocycles. The number of carbonyl (C=O) groups excluding carboxylic acids is 1. The van der Waals surface area contributed by atoms with Crippen molar-refractivity contribution in [3.8, 4) is 11.5 Å². The van der Waals surface area contributed by atoms with Crippen molar-refractivity contribution in [1.29, 1.82) is 0 Å². The fourth-order valence-electron chi connectivity index (χ4n) is 2.75. The van der Waals surface area contributed by atoms with Gasteiger partial charge in [-0.3, -0.25) is 9.59 Å². The third kappa shape index (κ3) is 5.74. The maximum absolute atomic E-state index is 12.4. The van der Waals surface area contributed by atoms with E-state index in [9.17, 15) is 14.7 Å². The Balaban J connectivity index is 1.99. The Morgan fingerprint density at radius 3 is 2.33 bits per heavy atom. The highest BCUT2D eigenvalue weighted by molar-refractivity contribution is 5.96. The molecule has 1 atom stereocenters. The number of carbonyl (C=O) groups is 2. The van der Waals surface area contributed by atoms with Crippen LogP contribution >= 0.6 is 0 Å². The highest BCUT2D eigenvalue weighted by Crippen LogP contribution is 2.18. The Morgan fingerprint density at radius 1 is 1.11 bits per heavy atom. The number of carboxylic acid groups (broad SMARTS) is 1. The van der Waals surface area contributed by atoms with Crippen molar-refractivity contribution in [2.45, 2.75) is 20.3 Å². The molecule has 2 N–H and O–H groups in total. The molecule has 0 saturated heterocycles. The average molecular weight is 371 g/mol. The number of amides is 1. The van der Waals surface area contributed by atoms with E-state index >= 15 is 0 Å². The van der Waals surface area contributed by atoms with Crippen molar-refractivity contribution in [1.82, 2.24) is 5.32 Å². The van der Waals surface area contributed by atoms with Gasteiger partial charge in [-0.15, -0.1) is 0 Å². The SMILES string of the molecule is CCOc1ccc(CC(CNC(=O)c2ccc(OC)cc2C)C(=O)O)cc1. The fourth-order valence-corrected chi connectivity index (χ4v) is 2.75. The molecule has 1 unspecified atom stereocenters. The molecule has 2 aromatic rings. The average Bonchev–Trinajstić information content (AvgIpc) is 2.66. The van der Waals surface area contributed by atoms with E-state index in [0.29, 0.717) is 24.3 Å². The van der Waals surface area contributed by atoms with Gasteiger partial charge in [0.15, 0.2) is 0 Å². The standard InChI is InChI=1S/C21H25NO5/c1-4-27-17-7-5-15(6-8-17)12-16(21(24)25)13-22-20(23)19-10-9-18(26-3)11-14(19)2/h5-11,16H,4,12-13H2,1-3H3,(H,22,23)(H,24,25). The van der Waals surface area contributed by atoms with E-state index in [-0.39, 0.29) is 12.5 Å². The summed E-state index contributed by atoms with van der Waals surface area (Å²) in [6, 6.07) is 12.5. The number of aliphatic carboxylic acids is 1. The van der Waals surface area contributed by atoms with Crippen LogP contribution in [0.2, 0.25) is 0 Å². The molecule has 144 valence electrons. The number of methoxy groups -OCH3 is 1. The molecule has 6 nitrogen and oxygen atoms in total. The Hall–Kier alpha value is -3.02. The van der Waals surface area contributed by atoms with E-state index in [1.807, 2.05) is 38.1 Å². The molecule has 0 aliphatic rings. The largest absolute Gasteiger partial charge is 0.497 e. The van der Waals surface area contributed by atoms with Gasteiger partial charge in [-0.1, -0.05) is 12.1 Å². The smallest absolute Gasteiger partial charge is 0.308 e. The molecule has 0 saturated carbocycles. The predicted molar refractivity (Wildman–Crippen MR) is 103 cm³/mol. The van der Waals surface area contributed by atoms with Crippen molar-refractivity contribution in [2.24, 2.45) is 5.92 Å². The third-order valence-corrected chi connectivity index (χ3v) is 4.25. The molecule has 0 fully saturated rings. The van der Waals surface area contributed by atoms with Crippen LogP contribution in [-0.2, 0) is 11.2 Å². The summed E-state index contributed by atoms with van der Waals surface area (Å²) in [5.74, 6) is -0.548. The van der Waals surface area contributed by atoms with Gasteiger partial charge in [0.2, 0.25) is 0 Å². The lowest BCUT2D eigenvalue weighted by Gasteiger charge is -2.15. The van der Waals surface area contributed by atoms with Crippen LogP contribution in [0.25, 0.3) is 0 Å². The minimum atomic E-state index is -0.948. The Kier molecular flexibility index (Phi) is 7.23. The number of hydrogen-bond donors (Lipinski definition) is 2. The lowest BCUT2D eigenvalue weighted by Crippen LogP contribution is -2.34. The first-order valence-corrected chi connectivity index (χ1v) is 8.82. The van der Waals surface area contributed by atoms with Gasteiger partial charge >= 0.3 is 5.97 Å². The summed E-state index contributed by atoms with van der Waals surface area (Å²) in [4.78, 5) is 24.0. The first-order valence-electron chi connectivity index (χ1n) is 8.82. The first kappa shape index (κ1) is 20.3. The summed E-state index contributed by atoms with van der Waals surface area (Å²) in [5, 5.41) is 12.2. The number of aryl methyl sites for hydroxylation is 1. The van der Waals surface area contributed by atoms with Gasteiger partial charge in [0.1, 0.15) is 11.5 Å². The van der Waals surface area contributed by atoms with E-state index in [4.69, 9.17) is 9.47 Å². The van der Waals surface area contributed by atoms with Crippen molar-refractivity contribution in [3.05, 3.63) is 59.2 Å². The summed E-state index contributed by atoms with van der Waals surface area (Å²) < 4.78 is 10.5. The van der Waals surface area contributed by atoms with E-state index in [0.717, 1.165) is 16.9 Å². The third-order valence-electron chi connectivity index (χ3n) is 4.25. The zero-order chi connectivity index (χ0) is 19.8. The molecule has 27 heavy (non-hydrogen) atoms. The van der Waals surface area contributed by atoms with Gasteiger partial charge in [-0.2, -0.15) is 0 Å². The number of nitrogens with one attached hydrogen (secondary N) is 1. The monoisotopic (exact) mass is 371 g/mol. The van der Waals surface area contributed by atoms with Crippen LogP contribution < -0.4 is 14.8 Å². The maximum atomic E-state index is 12.4. The summed E-state index contributed by atoms with van der Waals surface area (Å²) in [6.07, 6.45) is 0.323. The molecular weight excluding hydrogens is 346 g/mol. The second-order valence-corrected chi connectivity index (χ2v) is 6.21. The number of rotatable bonds is 9. The van der Waals surface area contributed by atoms with Gasteiger partial charge in [0.25, 0.3) is 5.91 Å². The molecule has 2 aromatic carbocycles. The lowest BCUT2D eigenvalue weighted by atomic mass is 9.99. The molecule has 0 radical (unpaired) electrons. The molecule has 6 heteroatoms. The minimum absolute atomic E-state index is 0.0485. The fraction of sp³-hybridized carbons (Fsp3) is 0.333. The van der Waals surface area contributed by atoms with Gasteiger partial charge in [0, 0.05) is 12.1 Å². The lowest BCUT2D eigenvalue weighted by molar-refractivity contribution is -0.141. The molecule has 0 aromatic heterocycles. The van der Waals surface area contributed by atoms with Crippen molar-refractivity contribution >= 4 is 11.9 Å². The summed E-state index contributed by atoms with van der Waals surface area (Å²) >= 11 is 0. The number of benzene rings is 2. The van der Waals surface area contributed by atoms with E-state index in [1.54, 1.807) is 25.3 Å². The van der Waals surface area contributed by atoms with Crippen molar-refractivity contribution < 1.29 is 24.2 Å². The number of hydrogen-bond acceptors (Lipinski definition) is 4. The van der Waals surface area contributed by atoms with Crippen LogP contribution in [0.3, 0.4) is 0 Å². The highest BCUT2D eigenvalue weighted by atomic mass is 16.5. The molecule has 0 heterocycles. The van der Waals surface area contributed by atoms with Crippen molar-refractivity contribution in [3.63, 3.8) is 0 Å². The summed E-state index contributed by atoms with van der Waals surface area (Å²) in [5.41, 5.74) is 2.15. The minimum Gasteiger partial charge on any atom is -0.497 e. The Labute approximate surface area is 159 Å². The maximum Gasteiger partial charge on any atom is 0.308 e. The van der Waals surface area contributed by atoms with E-state index < -0.39 is 11.9 Å². The zero-order valence-corrected chi connectivity index (χ0v) is 15.8. The quantitative estimate of drug-likeness (QED) is 0.708. The van der Waals surface area contributed by atoms with Crippen molar-refractivity contribution in [2.75, 3.05) is 20.3 Å². The van der Waals surface area contributed by atoms with Crippen LogP contribution in [0.1, 0.15) is 28.4 Å². The second kappa shape index (κ2) is 9.62. The number of ether oxygens (including phenoxy) is 2.